The van der Waals surface area contributed by atoms with E-state index in [1.54, 1.807) is 7.11 Å². The van der Waals surface area contributed by atoms with Crippen LogP contribution in [0.25, 0.3) is 0 Å². The molecule has 162 valence electrons. The van der Waals surface area contributed by atoms with Crippen LogP contribution in [0.5, 0.6) is 0 Å². The van der Waals surface area contributed by atoms with Crippen LogP contribution in [0.1, 0.15) is 37.6 Å². The molecule has 1 aliphatic rings. The van der Waals surface area contributed by atoms with Crippen molar-refractivity contribution in [2.75, 3.05) is 53.0 Å². The third kappa shape index (κ3) is 9.09. The maximum Gasteiger partial charge on any atom is 0.191 e. The first-order valence-corrected chi connectivity index (χ1v) is 10.4. The maximum atomic E-state index is 5.17. The van der Waals surface area contributed by atoms with E-state index in [0.29, 0.717) is 5.92 Å². The number of aromatic nitrogens is 2. The lowest BCUT2D eigenvalue weighted by Gasteiger charge is -2.31. The summed E-state index contributed by atoms with van der Waals surface area (Å²) in [5, 5.41) is 11.3. The molecule has 1 saturated heterocycles. The first-order chi connectivity index (χ1) is 13.1. The fraction of sp³-hybridized carbons (Fsp3) is 0.800. The van der Waals surface area contributed by atoms with Crippen LogP contribution in [-0.4, -0.2) is 73.6 Å². The number of piperidine rings is 1. The average molecular weight is 506 g/mol. The number of guanidine groups is 1. The number of hydrogen-bond donors (Lipinski definition) is 2. The Hall–Kier alpha value is -0.870. The van der Waals surface area contributed by atoms with Crippen LogP contribution in [0.3, 0.4) is 0 Å². The highest BCUT2D eigenvalue weighted by molar-refractivity contribution is 14.0. The summed E-state index contributed by atoms with van der Waals surface area (Å²) in [7, 11) is 1.77. The molecule has 8 heteroatoms. The molecule has 2 N–H and O–H groups in total. The summed E-state index contributed by atoms with van der Waals surface area (Å²) >= 11 is 0. The number of nitrogens with one attached hydrogen (secondary N) is 2. The number of hydrogen-bond acceptors (Lipinski definition) is 4. The number of rotatable bonds is 10. The topological polar surface area (TPSA) is 66.7 Å². The van der Waals surface area contributed by atoms with E-state index in [4.69, 9.17) is 9.73 Å². The molecule has 2 heterocycles. The molecule has 2 rings (SSSR count). The van der Waals surface area contributed by atoms with Gasteiger partial charge in [0, 0.05) is 45.5 Å². The summed E-state index contributed by atoms with van der Waals surface area (Å²) in [5.74, 6) is 1.63. The van der Waals surface area contributed by atoms with Crippen LogP contribution >= 0.6 is 24.0 Å². The number of nitrogens with zero attached hydrogens (tertiary/aromatic N) is 4. The molecule has 0 spiro atoms. The Balaban J connectivity index is 0.00000392. The summed E-state index contributed by atoms with van der Waals surface area (Å²) < 4.78 is 7.26. The van der Waals surface area contributed by atoms with E-state index in [9.17, 15) is 0 Å². The van der Waals surface area contributed by atoms with Gasteiger partial charge >= 0.3 is 0 Å². The summed E-state index contributed by atoms with van der Waals surface area (Å²) in [6, 6.07) is 2.12. The molecule has 1 aromatic rings. The molecule has 1 aliphatic heterocycles. The molecule has 0 unspecified atom stereocenters. The van der Waals surface area contributed by atoms with Gasteiger partial charge in [-0.25, -0.2) is 0 Å². The zero-order valence-corrected chi connectivity index (χ0v) is 20.4. The fourth-order valence-electron chi connectivity index (χ4n) is 3.51. The van der Waals surface area contributed by atoms with Gasteiger partial charge in [-0.05, 0) is 65.1 Å². The van der Waals surface area contributed by atoms with Gasteiger partial charge in [0.15, 0.2) is 5.96 Å². The van der Waals surface area contributed by atoms with E-state index in [-0.39, 0.29) is 24.0 Å². The Bertz CT molecular complexity index is 569. The highest BCUT2D eigenvalue weighted by Crippen LogP contribution is 2.17. The Labute approximate surface area is 187 Å². The molecule has 0 aliphatic carbocycles. The van der Waals surface area contributed by atoms with Gasteiger partial charge in [-0.2, -0.15) is 5.10 Å². The molecular weight excluding hydrogens is 467 g/mol. The summed E-state index contributed by atoms with van der Waals surface area (Å²) in [5.41, 5.74) is 2.31. The number of aliphatic imine (C=N–C) groups is 1. The van der Waals surface area contributed by atoms with Crippen LogP contribution in [0.4, 0.5) is 0 Å². The highest BCUT2D eigenvalue weighted by atomic mass is 127. The van der Waals surface area contributed by atoms with E-state index in [0.717, 1.165) is 70.5 Å². The highest BCUT2D eigenvalue weighted by Gasteiger charge is 2.18. The molecule has 1 aromatic heterocycles. The van der Waals surface area contributed by atoms with Crippen molar-refractivity contribution in [3.63, 3.8) is 0 Å². The maximum absolute atomic E-state index is 5.17. The van der Waals surface area contributed by atoms with Gasteiger partial charge in [0.2, 0.25) is 0 Å². The first kappa shape index (κ1) is 25.2. The zero-order chi connectivity index (χ0) is 19.5. The third-order valence-corrected chi connectivity index (χ3v) is 5.11. The Morgan fingerprint density at radius 1 is 1.25 bits per heavy atom. The lowest BCUT2D eigenvalue weighted by atomic mass is 9.97. The molecule has 28 heavy (non-hydrogen) atoms. The zero-order valence-electron chi connectivity index (χ0n) is 18.0. The van der Waals surface area contributed by atoms with Crippen molar-refractivity contribution in [1.29, 1.82) is 0 Å². The number of halogens is 1. The van der Waals surface area contributed by atoms with Crippen molar-refractivity contribution in [2.45, 2.75) is 46.6 Å². The molecular formula is C20H39IN6O. The lowest BCUT2D eigenvalue weighted by Crippen LogP contribution is -2.39. The van der Waals surface area contributed by atoms with E-state index in [2.05, 4.69) is 45.2 Å². The van der Waals surface area contributed by atoms with Crippen molar-refractivity contribution < 1.29 is 4.74 Å². The van der Waals surface area contributed by atoms with Crippen molar-refractivity contribution in [1.82, 2.24) is 25.3 Å². The molecule has 0 amide bonds. The van der Waals surface area contributed by atoms with Crippen LogP contribution in [0.15, 0.2) is 11.1 Å². The Morgan fingerprint density at radius 3 is 2.61 bits per heavy atom. The largest absolute Gasteiger partial charge is 0.383 e. The van der Waals surface area contributed by atoms with Gasteiger partial charge in [-0.15, -0.1) is 24.0 Å². The minimum atomic E-state index is 0. The molecule has 0 bridgehead atoms. The van der Waals surface area contributed by atoms with Gasteiger partial charge in [0.05, 0.1) is 12.3 Å². The first-order valence-electron chi connectivity index (χ1n) is 10.4. The predicted molar refractivity (Wildman–Crippen MR) is 127 cm³/mol. The number of likely N-dealkylation sites (tertiary alicyclic amines) is 1. The SMILES string of the molecule is CCNC(=NCC1CCN(CCOC)CC1)NCCCn1nc(C)cc1C.I. The van der Waals surface area contributed by atoms with Crippen LogP contribution < -0.4 is 10.6 Å². The molecule has 0 aromatic carbocycles. The minimum absolute atomic E-state index is 0. The van der Waals surface area contributed by atoms with Gasteiger partial charge in [-0.3, -0.25) is 9.67 Å². The Morgan fingerprint density at radius 2 is 2.00 bits per heavy atom. The quantitative estimate of drug-likeness (QED) is 0.221. The molecule has 1 fully saturated rings. The van der Waals surface area contributed by atoms with E-state index in [1.807, 2.05) is 6.92 Å². The average Bonchev–Trinajstić information content (AvgIpc) is 2.99. The summed E-state index contributed by atoms with van der Waals surface area (Å²) in [6.07, 6.45) is 3.49. The standard InChI is InChI=1S/C20H38N6O.HI/c1-5-21-20(22-9-6-10-26-18(3)15-17(2)24-26)23-16-19-7-11-25(12-8-19)13-14-27-4;/h15,19H,5-14,16H2,1-4H3,(H2,21,22,23);1H. The minimum Gasteiger partial charge on any atom is -0.383 e. The number of methoxy groups -OCH3 is 1. The molecule has 7 nitrogen and oxygen atoms in total. The van der Waals surface area contributed by atoms with Crippen molar-refractivity contribution in [3.05, 3.63) is 17.5 Å². The smallest absolute Gasteiger partial charge is 0.191 e. The van der Waals surface area contributed by atoms with Gasteiger partial charge in [0.25, 0.3) is 0 Å². The number of ether oxygens (including phenoxy) is 1. The summed E-state index contributed by atoms with van der Waals surface area (Å²) in [6.45, 7) is 14.1. The van der Waals surface area contributed by atoms with Gasteiger partial charge < -0.3 is 20.3 Å². The Kier molecular flexibility index (Phi) is 12.7. The van der Waals surface area contributed by atoms with E-state index < -0.39 is 0 Å². The predicted octanol–water partition coefficient (Wildman–Crippen LogP) is 2.42. The molecule has 0 saturated carbocycles. The van der Waals surface area contributed by atoms with Crippen molar-refractivity contribution in [3.8, 4) is 0 Å². The lowest BCUT2D eigenvalue weighted by molar-refractivity contribution is 0.121. The third-order valence-electron chi connectivity index (χ3n) is 5.11. The van der Waals surface area contributed by atoms with Crippen LogP contribution in [-0.2, 0) is 11.3 Å². The van der Waals surface area contributed by atoms with Gasteiger partial charge in [-0.1, -0.05) is 0 Å². The van der Waals surface area contributed by atoms with Crippen LogP contribution in [0, 0.1) is 19.8 Å². The van der Waals surface area contributed by atoms with Gasteiger partial charge in [0.1, 0.15) is 0 Å². The van der Waals surface area contributed by atoms with E-state index >= 15 is 0 Å². The van der Waals surface area contributed by atoms with Crippen molar-refractivity contribution in [2.24, 2.45) is 10.9 Å². The second-order valence-electron chi connectivity index (χ2n) is 7.43. The monoisotopic (exact) mass is 506 g/mol. The normalized spacial score (nSPS) is 16.1. The molecule has 0 radical (unpaired) electrons. The number of aryl methyl sites for hydroxylation is 3. The second-order valence-corrected chi connectivity index (χ2v) is 7.43. The fourth-order valence-corrected chi connectivity index (χ4v) is 3.51. The molecule has 0 atom stereocenters. The second kappa shape index (κ2) is 14.2. The van der Waals surface area contributed by atoms with E-state index in [1.165, 1.54) is 18.5 Å². The summed E-state index contributed by atoms with van der Waals surface area (Å²) in [4.78, 5) is 7.31. The van der Waals surface area contributed by atoms with Crippen molar-refractivity contribution >= 4 is 29.9 Å². The van der Waals surface area contributed by atoms with Crippen LogP contribution in [0.2, 0.25) is 0 Å².